The van der Waals surface area contributed by atoms with Gasteiger partial charge in [0, 0.05) is 31.4 Å². The van der Waals surface area contributed by atoms with Gasteiger partial charge in [0.1, 0.15) is 9.97 Å². The van der Waals surface area contributed by atoms with Crippen LogP contribution < -0.4 is 5.32 Å². The van der Waals surface area contributed by atoms with Crippen molar-refractivity contribution in [3.05, 3.63) is 64.8 Å². The Labute approximate surface area is 190 Å². The predicted octanol–water partition coefficient (Wildman–Crippen LogP) is 3.45. The molecule has 1 amide bonds. The molecule has 2 N–H and O–H groups in total. The molecule has 158 valence electrons. The second-order valence-electron chi connectivity index (χ2n) is 7.89. The van der Waals surface area contributed by atoms with Crippen molar-refractivity contribution in [2.24, 2.45) is 0 Å². The molecule has 3 aromatic rings. The summed E-state index contributed by atoms with van der Waals surface area (Å²) in [4.78, 5) is 19.5. The highest BCUT2D eigenvalue weighted by Gasteiger charge is 2.22. The van der Waals surface area contributed by atoms with Crippen LogP contribution in [0.2, 0.25) is 0 Å². The quantitative estimate of drug-likeness (QED) is 0.469. The van der Waals surface area contributed by atoms with E-state index in [-0.39, 0.29) is 12.0 Å². The molecule has 0 radical (unpaired) electrons. The minimum Gasteiger partial charge on any atom is -0.393 e. The van der Waals surface area contributed by atoms with E-state index in [9.17, 15) is 9.90 Å². The number of hydrogen-bond acceptors (Lipinski definition) is 6. The summed E-state index contributed by atoms with van der Waals surface area (Å²) in [5.41, 5.74) is 5.12. The van der Waals surface area contributed by atoms with Gasteiger partial charge in [0.25, 0.3) is 5.91 Å². The normalized spacial score (nSPS) is 19.5. The third-order valence-corrected chi connectivity index (χ3v) is 6.82. The van der Waals surface area contributed by atoms with Crippen molar-refractivity contribution in [2.75, 3.05) is 13.1 Å². The van der Waals surface area contributed by atoms with E-state index < -0.39 is 0 Å². The largest absolute Gasteiger partial charge is 0.393 e. The van der Waals surface area contributed by atoms with Gasteiger partial charge in [-0.25, -0.2) is 4.98 Å². The molecule has 2 aliphatic rings. The Balaban J connectivity index is 1.43. The number of carbonyl (C=O) groups is 1. The minimum absolute atomic E-state index is 0.154. The maximum Gasteiger partial charge on any atom is 0.263 e. The van der Waals surface area contributed by atoms with Crippen molar-refractivity contribution in [1.29, 1.82) is 0 Å². The molecule has 1 aromatic carbocycles. The van der Waals surface area contributed by atoms with Crippen molar-refractivity contribution < 1.29 is 9.90 Å². The van der Waals surface area contributed by atoms with Crippen LogP contribution in [0.25, 0.3) is 23.0 Å². The van der Waals surface area contributed by atoms with Crippen LogP contribution in [0.1, 0.15) is 24.0 Å². The second kappa shape index (κ2) is 8.55. The predicted molar refractivity (Wildman–Crippen MR) is 127 cm³/mol. The number of aliphatic hydroxyl groups excluding tert-OH is 1. The Kier molecular flexibility index (Phi) is 5.62. The molecule has 0 bridgehead atoms. The summed E-state index contributed by atoms with van der Waals surface area (Å²) >= 11 is 6.35. The highest BCUT2D eigenvalue weighted by atomic mass is 32.2. The average molecular weight is 451 g/mol. The zero-order valence-corrected chi connectivity index (χ0v) is 18.5. The molecule has 2 fully saturated rings. The van der Waals surface area contributed by atoms with Crippen molar-refractivity contribution >= 4 is 45.9 Å². The van der Waals surface area contributed by atoms with Crippen LogP contribution in [-0.4, -0.2) is 48.8 Å². The molecule has 0 saturated carbocycles. The lowest BCUT2D eigenvalue weighted by atomic mass is 10.0. The van der Waals surface area contributed by atoms with E-state index in [0.717, 1.165) is 54.9 Å². The first-order valence-corrected chi connectivity index (χ1v) is 11.5. The van der Waals surface area contributed by atoms with E-state index in [1.165, 1.54) is 17.3 Å². The third kappa shape index (κ3) is 4.43. The Bertz CT molecular complexity index is 1200. The topological polar surface area (TPSA) is 69.9 Å². The number of amides is 1. The van der Waals surface area contributed by atoms with Gasteiger partial charge in [-0.3, -0.25) is 14.1 Å². The van der Waals surface area contributed by atoms with Gasteiger partial charge in [0.05, 0.1) is 22.9 Å². The van der Waals surface area contributed by atoms with E-state index in [2.05, 4.69) is 43.9 Å². The highest BCUT2D eigenvalue weighted by molar-refractivity contribution is 8.26. The zero-order chi connectivity index (χ0) is 21.4. The molecular formula is C23H22N4O2S2. The number of thioether (sulfide) groups is 1. The molecule has 4 heterocycles. The zero-order valence-electron chi connectivity index (χ0n) is 16.8. The second-order valence-corrected chi connectivity index (χ2v) is 9.61. The smallest absolute Gasteiger partial charge is 0.263 e. The molecule has 0 spiro atoms. The number of aromatic nitrogens is 2. The van der Waals surface area contributed by atoms with Gasteiger partial charge in [-0.05, 0) is 48.2 Å². The number of fused-ring (bicyclic) bond motifs is 1. The lowest BCUT2D eigenvalue weighted by Crippen LogP contribution is -2.35. The molecular weight excluding hydrogens is 428 g/mol. The fraction of sp³-hybridized carbons (Fsp3) is 0.261. The number of carbonyl (C=O) groups excluding carboxylic acids is 1. The lowest BCUT2D eigenvalue weighted by Gasteiger charge is -2.29. The van der Waals surface area contributed by atoms with E-state index in [0.29, 0.717) is 9.23 Å². The van der Waals surface area contributed by atoms with Crippen LogP contribution in [0.15, 0.2) is 53.7 Å². The number of likely N-dealkylation sites (tertiary alicyclic amines) is 1. The molecule has 8 heteroatoms. The average Bonchev–Trinajstić information content (AvgIpc) is 3.32. The fourth-order valence-electron chi connectivity index (χ4n) is 4.03. The monoisotopic (exact) mass is 450 g/mol. The number of piperidine rings is 1. The first kappa shape index (κ1) is 20.4. The number of nitrogens with one attached hydrogen (secondary N) is 1. The third-order valence-electron chi connectivity index (χ3n) is 5.65. The van der Waals surface area contributed by atoms with E-state index in [1.807, 2.05) is 30.6 Å². The first-order valence-electron chi connectivity index (χ1n) is 10.3. The van der Waals surface area contributed by atoms with Crippen molar-refractivity contribution in [1.82, 2.24) is 19.6 Å². The summed E-state index contributed by atoms with van der Waals surface area (Å²) in [7, 11) is 0. The Morgan fingerprint density at radius 1 is 1.26 bits per heavy atom. The molecule has 6 nitrogen and oxygen atoms in total. The van der Waals surface area contributed by atoms with Gasteiger partial charge >= 0.3 is 0 Å². The molecule has 2 aliphatic heterocycles. The minimum atomic E-state index is -0.158. The van der Waals surface area contributed by atoms with E-state index >= 15 is 0 Å². The number of imidazole rings is 1. The van der Waals surface area contributed by atoms with Gasteiger partial charge in [0.2, 0.25) is 0 Å². The number of nitrogens with zero attached hydrogens (tertiary/aromatic N) is 3. The molecule has 31 heavy (non-hydrogen) atoms. The van der Waals surface area contributed by atoms with Crippen molar-refractivity contribution in [2.45, 2.75) is 25.5 Å². The first-order chi connectivity index (χ1) is 15.0. The number of thiocarbonyl (C=S) groups is 1. The van der Waals surface area contributed by atoms with Gasteiger partial charge in [-0.15, -0.1) is 0 Å². The molecule has 5 rings (SSSR count). The summed E-state index contributed by atoms with van der Waals surface area (Å²) in [6, 6.07) is 12.4. The van der Waals surface area contributed by atoms with Crippen LogP contribution in [0, 0.1) is 0 Å². The number of aliphatic hydroxyl groups is 1. The number of hydrogen-bond donors (Lipinski definition) is 2. The van der Waals surface area contributed by atoms with Crippen LogP contribution in [0.4, 0.5) is 0 Å². The van der Waals surface area contributed by atoms with Gasteiger partial charge < -0.3 is 10.4 Å². The molecule has 0 unspecified atom stereocenters. The summed E-state index contributed by atoms with van der Waals surface area (Å²) in [6.07, 6.45) is 7.25. The van der Waals surface area contributed by atoms with Crippen LogP contribution >= 0.6 is 24.0 Å². The number of rotatable bonds is 4. The standard InChI is InChI=1S/C23H22N4O2S2/c28-18-6-8-26(9-7-18)13-15-2-1-3-17(10-15)19-12-24-21-5-4-16(14-27(19)21)11-20-22(29)25-23(30)31-20/h1-5,10-12,14,18,28H,6-9,13H2,(H,25,29,30). The van der Waals surface area contributed by atoms with Gasteiger partial charge in [-0.1, -0.05) is 42.2 Å². The van der Waals surface area contributed by atoms with E-state index in [4.69, 9.17) is 12.2 Å². The Hall–Kier alpha value is -2.52. The maximum absolute atomic E-state index is 12.0. The maximum atomic E-state index is 12.0. The van der Waals surface area contributed by atoms with E-state index in [1.54, 1.807) is 0 Å². The lowest BCUT2D eigenvalue weighted by molar-refractivity contribution is -0.115. The number of benzene rings is 1. The van der Waals surface area contributed by atoms with Crippen LogP contribution in [0.5, 0.6) is 0 Å². The van der Waals surface area contributed by atoms with Crippen molar-refractivity contribution in [3.8, 4) is 11.3 Å². The SMILES string of the molecule is O=C1NC(=S)SC1=Cc1ccc2ncc(-c3cccc(CN4CCC(O)CC4)c3)n2c1. The van der Waals surface area contributed by atoms with Crippen LogP contribution in [-0.2, 0) is 11.3 Å². The molecule has 2 saturated heterocycles. The Morgan fingerprint density at radius 2 is 2.10 bits per heavy atom. The summed E-state index contributed by atoms with van der Waals surface area (Å²) in [6.45, 7) is 2.73. The number of pyridine rings is 1. The Morgan fingerprint density at radius 3 is 2.87 bits per heavy atom. The fourth-order valence-corrected chi connectivity index (χ4v) is 5.08. The van der Waals surface area contributed by atoms with Crippen LogP contribution in [0.3, 0.4) is 0 Å². The molecule has 0 aliphatic carbocycles. The van der Waals surface area contributed by atoms with Gasteiger partial charge in [0.15, 0.2) is 0 Å². The summed E-state index contributed by atoms with van der Waals surface area (Å²) in [5.74, 6) is -0.154. The highest BCUT2D eigenvalue weighted by Crippen LogP contribution is 2.27. The van der Waals surface area contributed by atoms with Crippen molar-refractivity contribution in [3.63, 3.8) is 0 Å². The van der Waals surface area contributed by atoms with Gasteiger partial charge in [-0.2, -0.15) is 0 Å². The molecule has 2 aromatic heterocycles. The summed E-state index contributed by atoms with van der Waals surface area (Å²) < 4.78 is 2.54. The summed E-state index contributed by atoms with van der Waals surface area (Å²) in [5, 5.41) is 12.4. The molecule has 0 atom stereocenters.